The monoisotopic (exact) mass is 548 g/mol. The molecule has 0 amide bonds. The normalized spacial score (nSPS) is 12.4. The zero-order valence-corrected chi connectivity index (χ0v) is 22.1. The van der Waals surface area contributed by atoms with Gasteiger partial charge in [0.25, 0.3) is 0 Å². The molecule has 180 valence electrons. The number of carboxylic acid groups (broad SMARTS) is 1. The van der Waals surface area contributed by atoms with Gasteiger partial charge in [-0.1, -0.05) is 0 Å². The Kier molecular flexibility index (Phi) is 8.05. The van der Waals surface area contributed by atoms with Crippen molar-refractivity contribution >= 4 is 42.7 Å². The fourth-order valence-electron chi connectivity index (χ4n) is 4.69. The molecule has 1 N–H and O–H groups in total. The van der Waals surface area contributed by atoms with Gasteiger partial charge in [0.05, 0.1) is 0 Å². The van der Waals surface area contributed by atoms with Gasteiger partial charge >= 0.3 is 216 Å². The van der Waals surface area contributed by atoms with E-state index in [1.165, 1.54) is 15.9 Å². The molecule has 0 saturated heterocycles. The van der Waals surface area contributed by atoms with Crippen LogP contribution in [0.25, 0.3) is 0 Å². The van der Waals surface area contributed by atoms with E-state index in [1.807, 2.05) is 0 Å². The SMILES string of the molecule is O=C(O)c1ccccc1OCCCCCP(Br)(c1ccccc1)(c1ccccc1)c1ccccc1. The summed E-state index contributed by atoms with van der Waals surface area (Å²) in [4.78, 5) is 11.4. The van der Waals surface area contributed by atoms with E-state index in [0.717, 1.165) is 25.4 Å². The summed E-state index contributed by atoms with van der Waals surface area (Å²) in [6.07, 6.45) is 3.82. The van der Waals surface area contributed by atoms with Crippen LogP contribution in [-0.2, 0) is 0 Å². The first-order valence-electron chi connectivity index (χ1n) is 11.9. The van der Waals surface area contributed by atoms with Crippen LogP contribution in [0.4, 0.5) is 0 Å². The molecule has 0 bridgehead atoms. The summed E-state index contributed by atoms with van der Waals surface area (Å²) in [5, 5.41) is 10.4. The molecule has 0 aliphatic carbocycles. The summed E-state index contributed by atoms with van der Waals surface area (Å²) in [5.74, 6) is -0.538. The predicted octanol–water partition coefficient (Wildman–Crippen LogP) is 6.77. The summed E-state index contributed by atoms with van der Waals surface area (Å²) in [5.41, 5.74) is 0.204. The van der Waals surface area contributed by atoms with E-state index in [-0.39, 0.29) is 5.56 Å². The van der Waals surface area contributed by atoms with Crippen molar-refractivity contribution in [2.75, 3.05) is 12.8 Å². The quantitative estimate of drug-likeness (QED) is 0.166. The molecule has 0 aliphatic rings. The molecule has 3 nitrogen and oxygen atoms in total. The van der Waals surface area contributed by atoms with Crippen LogP contribution in [0.15, 0.2) is 115 Å². The molecule has 0 aliphatic heterocycles. The summed E-state index contributed by atoms with van der Waals surface area (Å²) < 4.78 is 5.83. The third-order valence-corrected chi connectivity index (χ3v) is 16.5. The van der Waals surface area contributed by atoms with E-state index in [0.29, 0.717) is 12.4 Å². The zero-order valence-electron chi connectivity index (χ0n) is 19.6. The fraction of sp³-hybridized carbons (Fsp3) is 0.167. The molecule has 0 unspecified atom stereocenters. The first-order valence-corrected chi connectivity index (χ1v) is 16.3. The Labute approximate surface area is 215 Å². The summed E-state index contributed by atoms with van der Waals surface area (Å²) in [6, 6.07) is 39.2. The molecule has 0 atom stereocenters. The minimum atomic E-state index is -2.89. The van der Waals surface area contributed by atoms with Crippen molar-refractivity contribution in [3.8, 4) is 5.75 Å². The molecule has 0 heterocycles. The number of aromatic carboxylic acids is 1. The van der Waals surface area contributed by atoms with Gasteiger partial charge in [-0.2, -0.15) is 0 Å². The topological polar surface area (TPSA) is 46.5 Å². The van der Waals surface area contributed by atoms with Crippen LogP contribution in [0.1, 0.15) is 29.6 Å². The second-order valence-electron chi connectivity index (χ2n) is 8.62. The Morgan fingerprint density at radius 2 is 1.11 bits per heavy atom. The van der Waals surface area contributed by atoms with Crippen LogP contribution in [0.2, 0.25) is 0 Å². The van der Waals surface area contributed by atoms with Crippen LogP contribution < -0.4 is 20.7 Å². The molecule has 0 radical (unpaired) electrons. The van der Waals surface area contributed by atoms with Gasteiger partial charge in [-0.25, -0.2) is 0 Å². The van der Waals surface area contributed by atoms with Crippen LogP contribution in [0.3, 0.4) is 0 Å². The zero-order chi connectivity index (χ0) is 24.6. The van der Waals surface area contributed by atoms with Crippen molar-refractivity contribution in [1.82, 2.24) is 0 Å². The van der Waals surface area contributed by atoms with Gasteiger partial charge in [0, 0.05) is 0 Å². The molecule has 0 fully saturated rings. The Balaban J connectivity index is 1.56. The molecular formula is C30H30BrO3P. The standard InChI is InChI=1S/C30H30BrO3P/c31-35(25-15-5-1-6-16-25,26-17-7-2-8-18-26,27-19-9-3-10-20-27)24-14-4-13-23-34-29-22-12-11-21-28(29)30(32)33/h1-3,5-12,15-22H,4,13-14,23-24H2,(H,32,33). The van der Waals surface area contributed by atoms with E-state index < -0.39 is 11.3 Å². The first-order chi connectivity index (χ1) is 17.0. The number of carboxylic acids is 1. The van der Waals surface area contributed by atoms with E-state index in [2.05, 4.69) is 106 Å². The number of rotatable bonds is 11. The molecule has 0 saturated carbocycles. The third-order valence-electron chi connectivity index (χ3n) is 6.48. The number of carbonyl (C=O) groups is 1. The van der Waals surface area contributed by atoms with E-state index in [1.54, 1.807) is 24.3 Å². The summed E-state index contributed by atoms with van der Waals surface area (Å²) >= 11 is 4.48. The van der Waals surface area contributed by atoms with Gasteiger partial charge in [0.15, 0.2) is 0 Å². The number of unbranched alkanes of at least 4 members (excludes halogenated alkanes) is 2. The van der Waals surface area contributed by atoms with Crippen molar-refractivity contribution in [2.45, 2.75) is 19.3 Å². The van der Waals surface area contributed by atoms with E-state index >= 15 is 0 Å². The van der Waals surface area contributed by atoms with Crippen molar-refractivity contribution in [1.29, 1.82) is 0 Å². The van der Waals surface area contributed by atoms with Gasteiger partial charge in [-0.3, -0.25) is 0 Å². The second kappa shape index (κ2) is 11.2. The third kappa shape index (κ3) is 5.19. The Bertz CT molecular complexity index is 1150. The Morgan fingerprint density at radius 3 is 1.60 bits per heavy atom. The van der Waals surface area contributed by atoms with Crippen molar-refractivity contribution in [3.63, 3.8) is 0 Å². The van der Waals surface area contributed by atoms with Crippen LogP contribution >= 0.6 is 20.8 Å². The number of para-hydroxylation sites is 1. The van der Waals surface area contributed by atoms with Gasteiger partial charge < -0.3 is 0 Å². The molecular weight excluding hydrogens is 519 g/mol. The van der Waals surface area contributed by atoms with Crippen molar-refractivity contribution < 1.29 is 14.6 Å². The number of halogens is 1. The molecule has 0 aromatic heterocycles. The number of benzene rings is 4. The molecule has 4 aromatic carbocycles. The van der Waals surface area contributed by atoms with E-state index in [9.17, 15) is 9.90 Å². The van der Waals surface area contributed by atoms with Crippen LogP contribution in [0, 0.1) is 0 Å². The summed E-state index contributed by atoms with van der Waals surface area (Å²) in [6.45, 7) is 0.491. The van der Waals surface area contributed by atoms with Gasteiger partial charge in [-0.05, 0) is 0 Å². The summed E-state index contributed by atoms with van der Waals surface area (Å²) in [7, 11) is 0. The van der Waals surface area contributed by atoms with Crippen LogP contribution in [0.5, 0.6) is 5.75 Å². The van der Waals surface area contributed by atoms with Gasteiger partial charge in [0.1, 0.15) is 0 Å². The molecule has 5 heteroatoms. The molecule has 4 aromatic rings. The predicted molar refractivity (Wildman–Crippen MR) is 152 cm³/mol. The van der Waals surface area contributed by atoms with E-state index in [4.69, 9.17) is 4.74 Å². The number of hydrogen-bond acceptors (Lipinski definition) is 2. The molecule has 35 heavy (non-hydrogen) atoms. The number of hydrogen-bond donors (Lipinski definition) is 1. The van der Waals surface area contributed by atoms with Gasteiger partial charge in [0.2, 0.25) is 0 Å². The Morgan fingerprint density at radius 1 is 0.657 bits per heavy atom. The maximum atomic E-state index is 11.4. The van der Waals surface area contributed by atoms with Gasteiger partial charge in [-0.15, -0.1) is 0 Å². The second-order valence-corrected chi connectivity index (χ2v) is 17.7. The van der Waals surface area contributed by atoms with Crippen molar-refractivity contribution in [2.24, 2.45) is 0 Å². The minimum absolute atomic E-state index is 0.204. The van der Waals surface area contributed by atoms with Crippen LogP contribution in [-0.4, -0.2) is 23.8 Å². The fourth-order valence-corrected chi connectivity index (χ4v) is 12.4. The van der Waals surface area contributed by atoms with Crippen molar-refractivity contribution in [3.05, 3.63) is 121 Å². The first kappa shape index (κ1) is 25.2. The average Bonchev–Trinajstić information content (AvgIpc) is 2.92. The molecule has 4 rings (SSSR count). The number of ether oxygens (including phenoxy) is 1. The Hall–Kier alpha value is -2.94. The average molecular weight is 549 g/mol. The molecule has 0 spiro atoms. The maximum absolute atomic E-state index is 11.4.